The average molecular weight is 453 g/mol. The first-order valence-electron chi connectivity index (χ1n) is 13.8. The van der Waals surface area contributed by atoms with Crippen molar-refractivity contribution in [2.24, 2.45) is 46.3 Å². The molecule has 2 nitrogen and oxygen atoms in total. The van der Waals surface area contributed by atoms with Gasteiger partial charge in [0.1, 0.15) is 6.10 Å². The van der Waals surface area contributed by atoms with Gasteiger partial charge in [-0.3, -0.25) is 4.79 Å². The van der Waals surface area contributed by atoms with E-state index in [1.807, 2.05) is 5.57 Å². The van der Waals surface area contributed by atoms with Crippen LogP contribution in [0.25, 0.3) is 0 Å². The Morgan fingerprint density at radius 1 is 1.12 bits per heavy atom. The maximum atomic E-state index is 11.5. The zero-order valence-electron chi connectivity index (χ0n) is 22.2. The molecule has 0 aromatic carbocycles. The Bertz CT molecular complexity index is 821. The molecular formula is C31H48O2. The molecule has 3 fully saturated rings. The number of carbonyl (C=O) groups is 1. The topological polar surface area (TPSA) is 26.3 Å². The minimum atomic E-state index is -0.113. The summed E-state index contributed by atoms with van der Waals surface area (Å²) in [5.41, 5.74) is 3.94. The average Bonchev–Trinajstić information content (AvgIpc) is 3.11. The number of carbonyl (C=O) groups excluding carboxylic acids is 1. The lowest BCUT2D eigenvalue weighted by Crippen LogP contribution is -2.50. The Morgan fingerprint density at radius 3 is 2.48 bits per heavy atom. The van der Waals surface area contributed by atoms with Crippen molar-refractivity contribution in [2.45, 2.75) is 105 Å². The van der Waals surface area contributed by atoms with E-state index < -0.39 is 0 Å². The fourth-order valence-corrected chi connectivity index (χ4v) is 8.81. The van der Waals surface area contributed by atoms with Crippen molar-refractivity contribution in [1.29, 1.82) is 0 Å². The molecule has 0 saturated heterocycles. The number of fused-ring (bicyclic) bond motifs is 5. The zero-order valence-corrected chi connectivity index (χ0v) is 22.2. The minimum absolute atomic E-state index is 0.113. The maximum Gasteiger partial charge on any atom is 0.302 e. The Morgan fingerprint density at radius 2 is 1.82 bits per heavy atom. The second kappa shape index (κ2) is 9.38. The number of allylic oxidation sites excluding steroid dienone is 5. The molecule has 4 aliphatic carbocycles. The summed E-state index contributed by atoms with van der Waals surface area (Å²) in [7, 11) is 0. The van der Waals surface area contributed by atoms with E-state index in [2.05, 4.69) is 59.4 Å². The molecule has 0 amide bonds. The Hall–Kier alpha value is -1.31. The second-order valence-electron chi connectivity index (χ2n) is 12.6. The van der Waals surface area contributed by atoms with Crippen molar-refractivity contribution >= 4 is 5.97 Å². The maximum absolute atomic E-state index is 11.5. The molecule has 0 heterocycles. The molecule has 0 spiro atoms. The van der Waals surface area contributed by atoms with E-state index in [0.717, 1.165) is 37.0 Å². The van der Waals surface area contributed by atoms with Gasteiger partial charge in [0.05, 0.1) is 0 Å². The van der Waals surface area contributed by atoms with Crippen molar-refractivity contribution in [2.75, 3.05) is 0 Å². The van der Waals surface area contributed by atoms with E-state index in [1.54, 1.807) is 6.92 Å². The summed E-state index contributed by atoms with van der Waals surface area (Å²) in [6.07, 6.45) is 18.9. The molecule has 0 radical (unpaired) electrons. The molecule has 9 atom stereocenters. The molecule has 4 rings (SSSR count). The first-order chi connectivity index (χ1) is 15.6. The van der Waals surface area contributed by atoms with Gasteiger partial charge in [0, 0.05) is 6.92 Å². The van der Waals surface area contributed by atoms with Crippen molar-refractivity contribution < 1.29 is 9.53 Å². The summed E-state index contributed by atoms with van der Waals surface area (Å²) in [6.45, 7) is 17.9. The summed E-state index contributed by atoms with van der Waals surface area (Å²) in [5, 5.41) is 0. The highest BCUT2D eigenvalue weighted by Crippen LogP contribution is 2.66. The van der Waals surface area contributed by atoms with Crippen LogP contribution in [0.15, 0.2) is 36.0 Å². The molecule has 4 aliphatic rings. The van der Waals surface area contributed by atoms with E-state index in [-0.39, 0.29) is 12.1 Å². The molecule has 184 valence electrons. The van der Waals surface area contributed by atoms with Gasteiger partial charge in [0.25, 0.3) is 0 Å². The van der Waals surface area contributed by atoms with Crippen LogP contribution >= 0.6 is 0 Å². The van der Waals surface area contributed by atoms with Crippen molar-refractivity contribution in [3.05, 3.63) is 36.0 Å². The number of hydrogen-bond acceptors (Lipinski definition) is 2. The minimum Gasteiger partial charge on any atom is -0.463 e. The highest BCUT2D eigenvalue weighted by Gasteiger charge is 2.58. The summed E-state index contributed by atoms with van der Waals surface area (Å²) in [5.74, 6) is 4.01. The predicted molar refractivity (Wildman–Crippen MR) is 138 cm³/mol. The van der Waals surface area contributed by atoms with E-state index in [1.165, 1.54) is 44.1 Å². The molecule has 0 N–H and O–H groups in total. The lowest BCUT2D eigenvalue weighted by Gasteiger charge is -2.58. The fraction of sp³-hybridized carbons (Fsp3) is 0.774. The summed E-state index contributed by atoms with van der Waals surface area (Å²) >= 11 is 0. The highest BCUT2D eigenvalue weighted by atomic mass is 16.5. The number of esters is 1. The number of hydrogen-bond donors (Lipinski definition) is 0. The first kappa shape index (κ1) is 24.8. The van der Waals surface area contributed by atoms with Gasteiger partial charge in [-0.1, -0.05) is 63.6 Å². The van der Waals surface area contributed by atoms with Crippen LogP contribution in [0.2, 0.25) is 0 Å². The lowest BCUT2D eigenvalue weighted by molar-refractivity contribution is -0.152. The Balaban J connectivity index is 1.51. The molecular weight excluding hydrogens is 404 g/mol. The van der Waals surface area contributed by atoms with Crippen LogP contribution < -0.4 is 0 Å². The third-order valence-corrected chi connectivity index (χ3v) is 10.8. The SMILES string of the molecule is C=C(C)[C@H](/C=C\[C@H](C)[C@@H]1CC[C@@H]2C3=CC[C@@H]4C[C@H](OC(C)=O)CC[C@]4(C)[C@@H]3CC[C@]21C)CC. The summed E-state index contributed by atoms with van der Waals surface area (Å²) < 4.78 is 5.64. The lowest BCUT2D eigenvalue weighted by atomic mass is 9.47. The molecule has 2 heteroatoms. The normalized spacial score (nSPS) is 42.0. The van der Waals surface area contributed by atoms with Gasteiger partial charge >= 0.3 is 5.97 Å². The van der Waals surface area contributed by atoms with E-state index >= 15 is 0 Å². The smallest absolute Gasteiger partial charge is 0.302 e. The fourth-order valence-electron chi connectivity index (χ4n) is 8.81. The van der Waals surface area contributed by atoms with Gasteiger partial charge < -0.3 is 4.74 Å². The second-order valence-corrected chi connectivity index (χ2v) is 12.6. The van der Waals surface area contributed by atoms with E-state index in [9.17, 15) is 4.79 Å². The highest BCUT2D eigenvalue weighted by molar-refractivity contribution is 5.66. The van der Waals surface area contributed by atoms with Crippen molar-refractivity contribution in [3.8, 4) is 0 Å². The third kappa shape index (κ3) is 4.41. The van der Waals surface area contributed by atoms with Crippen LogP contribution in [-0.4, -0.2) is 12.1 Å². The van der Waals surface area contributed by atoms with Gasteiger partial charge in [-0.15, -0.1) is 0 Å². The van der Waals surface area contributed by atoms with Gasteiger partial charge in [-0.25, -0.2) is 0 Å². The summed E-state index contributed by atoms with van der Waals surface area (Å²) in [6, 6.07) is 0. The van der Waals surface area contributed by atoms with Gasteiger partial charge in [-0.2, -0.15) is 0 Å². The van der Waals surface area contributed by atoms with Crippen molar-refractivity contribution in [1.82, 2.24) is 0 Å². The van der Waals surface area contributed by atoms with Gasteiger partial charge in [-0.05, 0) is 111 Å². The Labute approximate surface area is 203 Å². The van der Waals surface area contributed by atoms with Gasteiger partial charge in [0.15, 0.2) is 0 Å². The third-order valence-electron chi connectivity index (χ3n) is 10.8. The quantitative estimate of drug-likeness (QED) is 0.299. The molecule has 0 aromatic heterocycles. The molecule has 0 aliphatic heterocycles. The zero-order chi connectivity index (χ0) is 24.0. The largest absolute Gasteiger partial charge is 0.463 e. The number of rotatable bonds is 6. The summed E-state index contributed by atoms with van der Waals surface area (Å²) in [4.78, 5) is 11.5. The molecule has 33 heavy (non-hydrogen) atoms. The first-order valence-corrected chi connectivity index (χ1v) is 13.8. The van der Waals surface area contributed by atoms with Crippen LogP contribution in [-0.2, 0) is 9.53 Å². The van der Waals surface area contributed by atoms with Crippen LogP contribution in [0.5, 0.6) is 0 Å². The van der Waals surface area contributed by atoms with Crippen LogP contribution in [0.1, 0.15) is 99.3 Å². The molecule has 0 bridgehead atoms. The van der Waals surface area contributed by atoms with Gasteiger partial charge in [0.2, 0.25) is 0 Å². The standard InChI is InChI=1S/C31H48O2/c1-8-23(20(2)3)10-9-21(4)27-13-14-28-26-12-11-24-19-25(33-22(5)32)15-17-30(24,6)29(26)16-18-31(27,28)7/h9-10,12,21,23-25,27-29H,2,8,11,13-19H2,1,3-7H3/b10-9-/t21-,23-,24+,25+,27-,28+,29+,30-,31-/m0/s1. The molecule has 0 unspecified atom stereocenters. The Kier molecular flexibility index (Phi) is 7.05. The molecule has 0 aromatic rings. The predicted octanol–water partition coefficient (Wildman–Crippen LogP) is 8.29. The van der Waals surface area contributed by atoms with Crippen LogP contribution in [0.3, 0.4) is 0 Å². The van der Waals surface area contributed by atoms with E-state index in [4.69, 9.17) is 4.74 Å². The van der Waals surface area contributed by atoms with Crippen LogP contribution in [0, 0.1) is 46.3 Å². The van der Waals surface area contributed by atoms with Crippen molar-refractivity contribution in [3.63, 3.8) is 0 Å². The monoisotopic (exact) mass is 452 g/mol. The van der Waals surface area contributed by atoms with E-state index in [0.29, 0.717) is 28.6 Å². The van der Waals surface area contributed by atoms with Crippen LogP contribution in [0.4, 0.5) is 0 Å². The molecule has 3 saturated carbocycles. The number of ether oxygens (including phenoxy) is 1.